The van der Waals surface area contributed by atoms with Gasteiger partial charge in [-0.05, 0) is 6.07 Å². The van der Waals surface area contributed by atoms with Crippen molar-refractivity contribution >= 4 is 17.6 Å². The molecular weight excluding hydrogens is 292 g/mol. The predicted octanol–water partition coefficient (Wildman–Crippen LogP) is 1.37. The fraction of sp³-hybridized carbons (Fsp3) is 0.429. The topological polar surface area (TPSA) is 119 Å². The van der Waals surface area contributed by atoms with Gasteiger partial charge in [-0.2, -0.15) is 0 Å². The summed E-state index contributed by atoms with van der Waals surface area (Å²) in [6.07, 6.45) is -0.112. The lowest BCUT2D eigenvalue weighted by molar-refractivity contribution is -0.384. The summed E-state index contributed by atoms with van der Waals surface area (Å²) >= 11 is 0. The normalized spacial score (nSPS) is 11.8. The average molecular weight is 310 g/mol. The van der Waals surface area contributed by atoms with Crippen LogP contribution in [0.3, 0.4) is 0 Å². The van der Waals surface area contributed by atoms with Crippen LogP contribution in [0.2, 0.25) is 0 Å². The third-order valence-electron chi connectivity index (χ3n) is 3.04. The van der Waals surface area contributed by atoms with Crippen molar-refractivity contribution in [3.63, 3.8) is 0 Å². The first-order valence-electron chi connectivity index (χ1n) is 6.60. The summed E-state index contributed by atoms with van der Waals surface area (Å²) in [6, 6.07) is 2.73. The molecule has 0 saturated heterocycles. The van der Waals surface area contributed by atoms with Crippen LogP contribution in [0, 0.1) is 16.0 Å². The number of hydrogen-bond donors (Lipinski definition) is 2. The zero-order valence-corrected chi connectivity index (χ0v) is 12.5. The lowest BCUT2D eigenvalue weighted by atomic mass is 10.0. The first-order valence-corrected chi connectivity index (χ1v) is 6.60. The molecule has 1 amide bonds. The zero-order valence-electron chi connectivity index (χ0n) is 12.5. The number of carboxylic acid groups (broad SMARTS) is 1. The van der Waals surface area contributed by atoms with E-state index >= 15 is 0 Å². The van der Waals surface area contributed by atoms with E-state index in [1.165, 1.54) is 25.3 Å². The second-order valence-corrected chi connectivity index (χ2v) is 5.01. The summed E-state index contributed by atoms with van der Waals surface area (Å²) in [5, 5.41) is 22.4. The summed E-state index contributed by atoms with van der Waals surface area (Å²) in [6.45, 7) is 3.28. The SMILES string of the molecule is COc1ccc([N+](=O)[O-])cc1C[C@@H](NC(=O)C(C)C)C(=O)O. The molecule has 0 aliphatic carbocycles. The standard InChI is InChI=1S/C14H18N2O6/c1-8(2)13(17)15-11(14(18)19)7-9-6-10(16(20)21)4-5-12(9)22-3/h4-6,8,11H,7H2,1-3H3,(H,15,17)(H,18,19)/t11-/m1/s1. The number of ether oxygens (including phenoxy) is 1. The van der Waals surface area contributed by atoms with Gasteiger partial charge in [0, 0.05) is 30.0 Å². The Balaban J connectivity index is 3.06. The number of benzene rings is 1. The van der Waals surface area contributed by atoms with Crippen molar-refractivity contribution in [1.29, 1.82) is 0 Å². The molecule has 0 bridgehead atoms. The molecule has 0 spiro atoms. The van der Waals surface area contributed by atoms with Gasteiger partial charge in [0.05, 0.1) is 12.0 Å². The van der Waals surface area contributed by atoms with E-state index in [0.717, 1.165) is 0 Å². The van der Waals surface area contributed by atoms with Crippen molar-refractivity contribution in [2.24, 2.45) is 5.92 Å². The minimum atomic E-state index is -1.22. The van der Waals surface area contributed by atoms with Gasteiger partial charge < -0.3 is 15.2 Å². The van der Waals surface area contributed by atoms with Crippen LogP contribution in [0.1, 0.15) is 19.4 Å². The lowest BCUT2D eigenvalue weighted by Crippen LogP contribution is -2.44. The Bertz CT molecular complexity index is 585. The van der Waals surface area contributed by atoms with Gasteiger partial charge in [0.2, 0.25) is 5.91 Å². The van der Waals surface area contributed by atoms with Gasteiger partial charge in [-0.25, -0.2) is 4.79 Å². The van der Waals surface area contributed by atoms with Crippen molar-refractivity contribution in [3.05, 3.63) is 33.9 Å². The Labute approximate surface area is 127 Å². The smallest absolute Gasteiger partial charge is 0.326 e. The predicted molar refractivity (Wildman–Crippen MR) is 77.8 cm³/mol. The number of rotatable bonds is 7. The molecule has 120 valence electrons. The highest BCUT2D eigenvalue weighted by atomic mass is 16.6. The van der Waals surface area contributed by atoms with E-state index in [2.05, 4.69) is 5.32 Å². The van der Waals surface area contributed by atoms with Crippen LogP contribution in [-0.4, -0.2) is 35.1 Å². The van der Waals surface area contributed by atoms with E-state index in [0.29, 0.717) is 11.3 Å². The number of nitro groups is 1. The van der Waals surface area contributed by atoms with Gasteiger partial charge in [-0.1, -0.05) is 13.8 Å². The molecule has 0 fully saturated rings. The Morgan fingerprint density at radius 2 is 2.05 bits per heavy atom. The van der Waals surface area contributed by atoms with Crippen molar-refractivity contribution in [3.8, 4) is 5.75 Å². The highest BCUT2D eigenvalue weighted by molar-refractivity contribution is 5.84. The fourth-order valence-electron chi connectivity index (χ4n) is 1.80. The number of aliphatic carboxylic acids is 1. The molecule has 0 aliphatic heterocycles. The summed E-state index contributed by atoms with van der Waals surface area (Å²) in [4.78, 5) is 33.2. The van der Waals surface area contributed by atoms with Crippen LogP contribution in [-0.2, 0) is 16.0 Å². The highest BCUT2D eigenvalue weighted by Crippen LogP contribution is 2.25. The minimum absolute atomic E-state index is 0.112. The quantitative estimate of drug-likeness (QED) is 0.580. The maximum absolute atomic E-state index is 11.7. The van der Waals surface area contributed by atoms with Gasteiger partial charge >= 0.3 is 5.97 Å². The lowest BCUT2D eigenvalue weighted by Gasteiger charge is -2.17. The van der Waals surface area contributed by atoms with Gasteiger partial charge in [0.25, 0.3) is 5.69 Å². The number of non-ortho nitro benzene ring substituents is 1. The molecular formula is C14H18N2O6. The zero-order chi connectivity index (χ0) is 16.9. The van der Waals surface area contributed by atoms with E-state index in [-0.39, 0.29) is 18.0 Å². The van der Waals surface area contributed by atoms with E-state index in [1.54, 1.807) is 13.8 Å². The third-order valence-corrected chi connectivity index (χ3v) is 3.04. The molecule has 0 aromatic heterocycles. The van der Waals surface area contributed by atoms with Crippen LogP contribution in [0.15, 0.2) is 18.2 Å². The number of nitro benzene ring substituents is 1. The Morgan fingerprint density at radius 1 is 1.41 bits per heavy atom. The summed E-state index contributed by atoms with van der Waals surface area (Å²) < 4.78 is 5.08. The van der Waals surface area contributed by atoms with Crippen LogP contribution < -0.4 is 10.1 Å². The molecule has 0 aliphatic rings. The molecule has 0 unspecified atom stereocenters. The Hall–Kier alpha value is -2.64. The number of nitrogens with zero attached hydrogens (tertiary/aromatic N) is 1. The highest BCUT2D eigenvalue weighted by Gasteiger charge is 2.24. The first kappa shape index (κ1) is 17.4. The summed E-state index contributed by atoms with van der Waals surface area (Å²) in [7, 11) is 1.38. The van der Waals surface area contributed by atoms with Crippen molar-refractivity contribution in [2.75, 3.05) is 7.11 Å². The maximum atomic E-state index is 11.7. The molecule has 0 saturated carbocycles. The van der Waals surface area contributed by atoms with Crippen molar-refractivity contribution in [1.82, 2.24) is 5.32 Å². The second-order valence-electron chi connectivity index (χ2n) is 5.01. The van der Waals surface area contributed by atoms with Crippen LogP contribution >= 0.6 is 0 Å². The maximum Gasteiger partial charge on any atom is 0.326 e. The van der Waals surface area contributed by atoms with Crippen molar-refractivity contribution in [2.45, 2.75) is 26.3 Å². The van der Waals surface area contributed by atoms with Crippen LogP contribution in [0.4, 0.5) is 5.69 Å². The number of methoxy groups -OCH3 is 1. The van der Waals surface area contributed by atoms with Gasteiger partial charge in [0.1, 0.15) is 11.8 Å². The number of nitrogens with one attached hydrogen (secondary N) is 1. The molecule has 1 atom stereocenters. The molecule has 1 aromatic carbocycles. The third kappa shape index (κ3) is 4.44. The van der Waals surface area contributed by atoms with Crippen molar-refractivity contribution < 1.29 is 24.4 Å². The average Bonchev–Trinajstić information content (AvgIpc) is 2.45. The number of carbonyl (C=O) groups excluding carboxylic acids is 1. The first-order chi connectivity index (χ1) is 10.3. The van der Waals surface area contributed by atoms with E-state index < -0.39 is 22.8 Å². The minimum Gasteiger partial charge on any atom is -0.496 e. The molecule has 8 heteroatoms. The molecule has 1 rings (SSSR count). The monoisotopic (exact) mass is 310 g/mol. The second kappa shape index (κ2) is 7.39. The van der Waals surface area contributed by atoms with Gasteiger partial charge in [0.15, 0.2) is 0 Å². The Morgan fingerprint density at radius 3 is 2.50 bits per heavy atom. The largest absolute Gasteiger partial charge is 0.496 e. The van der Waals surface area contributed by atoms with Crippen LogP contribution in [0.25, 0.3) is 0 Å². The number of carboxylic acids is 1. The van der Waals surface area contributed by atoms with Gasteiger partial charge in [-0.15, -0.1) is 0 Å². The van der Waals surface area contributed by atoms with Crippen LogP contribution in [0.5, 0.6) is 5.75 Å². The molecule has 0 heterocycles. The molecule has 2 N–H and O–H groups in total. The molecule has 1 aromatic rings. The summed E-state index contributed by atoms with van der Waals surface area (Å²) in [5.74, 6) is -1.66. The number of amides is 1. The van der Waals surface area contributed by atoms with Gasteiger partial charge in [-0.3, -0.25) is 14.9 Å². The molecule has 22 heavy (non-hydrogen) atoms. The summed E-state index contributed by atoms with van der Waals surface area (Å²) in [5.41, 5.74) is 0.170. The molecule has 8 nitrogen and oxygen atoms in total. The Kier molecular flexibility index (Phi) is 5.85. The van der Waals surface area contributed by atoms with E-state index in [9.17, 15) is 24.8 Å². The molecule has 0 radical (unpaired) electrons. The number of hydrogen-bond acceptors (Lipinski definition) is 5. The number of carbonyl (C=O) groups is 2. The van der Waals surface area contributed by atoms with E-state index in [1.807, 2.05) is 0 Å². The fourth-order valence-corrected chi connectivity index (χ4v) is 1.80. The van der Waals surface area contributed by atoms with E-state index in [4.69, 9.17) is 4.74 Å².